The number of benzene rings is 1. The summed E-state index contributed by atoms with van der Waals surface area (Å²) < 4.78 is 15.2. The van der Waals surface area contributed by atoms with Crippen LogP contribution in [0.25, 0.3) is 0 Å². The maximum atomic E-state index is 11.9. The zero-order chi connectivity index (χ0) is 13.9. The van der Waals surface area contributed by atoms with Gasteiger partial charge in [0.2, 0.25) is 5.75 Å². The first kappa shape index (κ1) is 14.2. The number of esters is 1. The van der Waals surface area contributed by atoms with Crippen LogP contribution in [0.15, 0.2) is 12.1 Å². The van der Waals surface area contributed by atoms with E-state index in [0.717, 1.165) is 0 Å². The molecule has 1 rings (SSSR count). The number of ether oxygens (including phenoxy) is 3. The fourth-order valence-corrected chi connectivity index (χ4v) is 1.40. The van der Waals surface area contributed by atoms with E-state index < -0.39 is 11.6 Å². The third-order valence-electron chi connectivity index (χ3n) is 2.09. The molecule has 0 heterocycles. The Balaban J connectivity index is 3.12. The average molecular weight is 254 g/mol. The van der Waals surface area contributed by atoms with E-state index in [1.165, 1.54) is 26.4 Å². The molecule has 1 aromatic rings. The third kappa shape index (κ3) is 3.29. The van der Waals surface area contributed by atoms with Gasteiger partial charge in [0, 0.05) is 0 Å². The summed E-state index contributed by atoms with van der Waals surface area (Å²) >= 11 is 0. The third-order valence-corrected chi connectivity index (χ3v) is 2.09. The van der Waals surface area contributed by atoms with Crippen molar-refractivity contribution < 1.29 is 24.1 Å². The van der Waals surface area contributed by atoms with E-state index in [-0.39, 0.29) is 22.8 Å². The Morgan fingerprint density at radius 1 is 1.17 bits per heavy atom. The Morgan fingerprint density at radius 3 is 2.22 bits per heavy atom. The second-order valence-corrected chi connectivity index (χ2v) is 4.73. The largest absolute Gasteiger partial charge is 0.504 e. The minimum Gasteiger partial charge on any atom is -0.504 e. The zero-order valence-corrected chi connectivity index (χ0v) is 11.2. The minimum atomic E-state index is -0.597. The molecule has 100 valence electrons. The summed E-state index contributed by atoms with van der Waals surface area (Å²) in [4.78, 5) is 11.9. The smallest absolute Gasteiger partial charge is 0.338 e. The van der Waals surface area contributed by atoms with Crippen molar-refractivity contribution in [3.05, 3.63) is 17.7 Å². The summed E-state index contributed by atoms with van der Waals surface area (Å²) in [7, 11) is 2.83. The molecule has 0 fully saturated rings. The van der Waals surface area contributed by atoms with Crippen LogP contribution in [-0.2, 0) is 4.74 Å². The predicted octanol–water partition coefficient (Wildman–Crippen LogP) is 2.36. The van der Waals surface area contributed by atoms with Gasteiger partial charge in [0.1, 0.15) is 5.60 Å². The maximum absolute atomic E-state index is 11.9. The lowest BCUT2D eigenvalue weighted by molar-refractivity contribution is 0.00687. The van der Waals surface area contributed by atoms with Crippen LogP contribution in [0.4, 0.5) is 0 Å². The Kier molecular flexibility index (Phi) is 4.06. The first-order chi connectivity index (χ1) is 8.28. The Morgan fingerprint density at radius 2 is 1.78 bits per heavy atom. The normalized spacial score (nSPS) is 10.9. The summed E-state index contributed by atoms with van der Waals surface area (Å²) in [5.41, 5.74) is -0.389. The first-order valence-electron chi connectivity index (χ1n) is 5.47. The van der Waals surface area contributed by atoms with Crippen molar-refractivity contribution in [1.29, 1.82) is 0 Å². The second-order valence-electron chi connectivity index (χ2n) is 4.73. The summed E-state index contributed by atoms with van der Waals surface area (Å²) in [6.07, 6.45) is 0. The molecule has 1 aromatic carbocycles. The number of hydrogen-bond acceptors (Lipinski definition) is 5. The molecule has 0 bridgehead atoms. The van der Waals surface area contributed by atoms with Crippen molar-refractivity contribution in [2.24, 2.45) is 0 Å². The van der Waals surface area contributed by atoms with E-state index >= 15 is 0 Å². The van der Waals surface area contributed by atoms with E-state index in [4.69, 9.17) is 14.2 Å². The number of aromatic hydroxyl groups is 1. The highest BCUT2D eigenvalue weighted by Crippen LogP contribution is 2.37. The van der Waals surface area contributed by atoms with E-state index in [0.29, 0.717) is 0 Å². The van der Waals surface area contributed by atoms with E-state index in [2.05, 4.69) is 0 Å². The van der Waals surface area contributed by atoms with E-state index in [1.807, 2.05) is 0 Å². The molecular weight excluding hydrogens is 236 g/mol. The highest BCUT2D eigenvalue weighted by molar-refractivity contribution is 5.91. The number of carbonyl (C=O) groups excluding carboxylic acids is 1. The molecule has 0 radical (unpaired) electrons. The van der Waals surface area contributed by atoms with Gasteiger partial charge in [-0.2, -0.15) is 0 Å². The van der Waals surface area contributed by atoms with Crippen LogP contribution in [0, 0.1) is 0 Å². The molecule has 1 N–H and O–H groups in total. The predicted molar refractivity (Wildman–Crippen MR) is 66.4 cm³/mol. The van der Waals surface area contributed by atoms with Crippen molar-refractivity contribution >= 4 is 5.97 Å². The van der Waals surface area contributed by atoms with Gasteiger partial charge < -0.3 is 19.3 Å². The molecule has 0 atom stereocenters. The van der Waals surface area contributed by atoms with Gasteiger partial charge in [-0.1, -0.05) is 0 Å². The monoisotopic (exact) mass is 254 g/mol. The molecule has 0 amide bonds. The molecular formula is C13H18O5. The molecule has 0 aliphatic rings. The summed E-state index contributed by atoms with van der Waals surface area (Å²) in [5.74, 6) is -0.236. The summed E-state index contributed by atoms with van der Waals surface area (Å²) in [5, 5.41) is 9.74. The van der Waals surface area contributed by atoms with Gasteiger partial charge in [0.25, 0.3) is 0 Å². The fraction of sp³-hybridized carbons (Fsp3) is 0.462. The van der Waals surface area contributed by atoms with Crippen LogP contribution in [0.5, 0.6) is 17.2 Å². The molecule has 5 heteroatoms. The molecule has 0 spiro atoms. The van der Waals surface area contributed by atoms with Crippen molar-refractivity contribution in [3.8, 4) is 17.2 Å². The Hall–Kier alpha value is -1.91. The van der Waals surface area contributed by atoms with Crippen LogP contribution in [0.2, 0.25) is 0 Å². The quantitative estimate of drug-likeness (QED) is 0.839. The summed E-state index contributed by atoms with van der Waals surface area (Å²) in [6, 6.07) is 2.75. The van der Waals surface area contributed by atoms with Crippen molar-refractivity contribution in [2.45, 2.75) is 26.4 Å². The first-order valence-corrected chi connectivity index (χ1v) is 5.47. The lowest BCUT2D eigenvalue weighted by Gasteiger charge is -2.20. The Bertz CT molecular complexity index is 445. The zero-order valence-electron chi connectivity index (χ0n) is 11.2. The standard InChI is InChI=1S/C13H18O5/c1-13(2,3)18-12(15)8-6-9(14)11(17-5)10(7-8)16-4/h6-7,14H,1-5H3. The van der Waals surface area contributed by atoms with Crippen LogP contribution in [0.1, 0.15) is 31.1 Å². The van der Waals surface area contributed by atoms with Crippen LogP contribution in [0.3, 0.4) is 0 Å². The van der Waals surface area contributed by atoms with Crippen molar-refractivity contribution in [1.82, 2.24) is 0 Å². The lowest BCUT2D eigenvalue weighted by atomic mass is 10.1. The van der Waals surface area contributed by atoms with Crippen LogP contribution in [-0.4, -0.2) is 30.9 Å². The topological polar surface area (TPSA) is 65.0 Å². The van der Waals surface area contributed by atoms with Crippen molar-refractivity contribution in [2.75, 3.05) is 14.2 Å². The maximum Gasteiger partial charge on any atom is 0.338 e. The van der Waals surface area contributed by atoms with Gasteiger partial charge in [-0.15, -0.1) is 0 Å². The molecule has 5 nitrogen and oxygen atoms in total. The number of rotatable bonds is 3. The molecule has 0 saturated carbocycles. The number of hydrogen-bond donors (Lipinski definition) is 1. The minimum absolute atomic E-state index is 0.169. The Labute approximate surface area is 106 Å². The number of phenolic OH excluding ortho intramolecular Hbond substituents is 1. The number of phenols is 1. The summed E-state index contributed by atoms with van der Waals surface area (Å²) in [6.45, 7) is 5.31. The van der Waals surface area contributed by atoms with Gasteiger partial charge >= 0.3 is 5.97 Å². The van der Waals surface area contributed by atoms with Crippen LogP contribution < -0.4 is 9.47 Å². The highest BCUT2D eigenvalue weighted by atomic mass is 16.6. The highest BCUT2D eigenvalue weighted by Gasteiger charge is 2.21. The molecule has 18 heavy (non-hydrogen) atoms. The molecule has 0 aromatic heterocycles. The van der Waals surface area contributed by atoms with E-state index in [1.54, 1.807) is 20.8 Å². The molecule has 0 saturated heterocycles. The van der Waals surface area contributed by atoms with Gasteiger partial charge in [0.15, 0.2) is 11.5 Å². The number of carbonyl (C=O) groups is 1. The average Bonchev–Trinajstić information content (AvgIpc) is 2.25. The van der Waals surface area contributed by atoms with Gasteiger partial charge in [0.05, 0.1) is 19.8 Å². The van der Waals surface area contributed by atoms with Gasteiger partial charge in [-0.3, -0.25) is 0 Å². The SMILES string of the molecule is COc1cc(C(=O)OC(C)(C)C)cc(O)c1OC. The fourth-order valence-electron chi connectivity index (χ4n) is 1.40. The van der Waals surface area contributed by atoms with Gasteiger partial charge in [-0.05, 0) is 32.9 Å². The molecule has 0 aliphatic heterocycles. The molecule has 0 unspecified atom stereocenters. The van der Waals surface area contributed by atoms with Crippen LogP contribution >= 0.6 is 0 Å². The number of methoxy groups -OCH3 is 2. The molecule has 0 aliphatic carbocycles. The second kappa shape index (κ2) is 5.16. The lowest BCUT2D eigenvalue weighted by Crippen LogP contribution is -2.23. The van der Waals surface area contributed by atoms with Gasteiger partial charge in [-0.25, -0.2) is 4.79 Å². The van der Waals surface area contributed by atoms with E-state index in [9.17, 15) is 9.90 Å². The van der Waals surface area contributed by atoms with Crippen molar-refractivity contribution in [3.63, 3.8) is 0 Å².